The van der Waals surface area contributed by atoms with Crippen molar-refractivity contribution in [3.63, 3.8) is 0 Å². The maximum absolute atomic E-state index is 8.87. The summed E-state index contributed by atoms with van der Waals surface area (Å²) in [6, 6.07) is 6.37. The van der Waals surface area contributed by atoms with Crippen molar-refractivity contribution in [2.75, 3.05) is 5.32 Å². The van der Waals surface area contributed by atoms with E-state index >= 15 is 0 Å². The molecule has 0 radical (unpaired) electrons. The van der Waals surface area contributed by atoms with E-state index in [4.69, 9.17) is 16.9 Å². The number of nitrogens with one attached hydrogen (secondary N) is 1. The van der Waals surface area contributed by atoms with Crippen LogP contribution in [-0.2, 0) is 0 Å². The van der Waals surface area contributed by atoms with Crippen molar-refractivity contribution in [2.45, 2.75) is 19.9 Å². The van der Waals surface area contributed by atoms with Crippen molar-refractivity contribution < 1.29 is 0 Å². The Balaban J connectivity index is 2.22. The molecule has 0 aromatic carbocycles. The lowest BCUT2D eigenvalue weighted by atomic mass is 10.0. The molecule has 2 aromatic heterocycles. The van der Waals surface area contributed by atoms with E-state index in [2.05, 4.69) is 35.6 Å². The summed E-state index contributed by atoms with van der Waals surface area (Å²) >= 11 is 8.88. The number of hydrogen-bond donors (Lipinski definition) is 1. The molecule has 2 aromatic rings. The average Bonchev–Trinajstić information content (AvgIpc) is 2.94. The first-order valence-electron chi connectivity index (χ1n) is 5.48. The Labute approximate surface area is 119 Å². The first-order chi connectivity index (χ1) is 8.61. The van der Waals surface area contributed by atoms with Crippen molar-refractivity contribution in [1.29, 1.82) is 5.26 Å². The molecule has 0 spiro atoms. The molecule has 0 fully saturated rings. The quantitative estimate of drug-likeness (QED) is 0.901. The number of hydrogen-bond acceptors (Lipinski definition) is 5. The zero-order valence-corrected chi connectivity index (χ0v) is 12.4. The lowest BCUT2D eigenvalue weighted by Gasteiger charge is -2.20. The Morgan fingerprint density at radius 1 is 1.50 bits per heavy atom. The van der Waals surface area contributed by atoms with Gasteiger partial charge in [-0.2, -0.15) is 5.26 Å². The summed E-state index contributed by atoms with van der Waals surface area (Å²) < 4.78 is 0. The van der Waals surface area contributed by atoms with E-state index in [-0.39, 0.29) is 11.2 Å². The van der Waals surface area contributed by atoms with Crippen LogP contribution in [0.25, 0.3) is 0 Å². The van der Waals surface area contributed by atoms with E-state index in [0.717, 1.165) is 0 Å². The minimum absolute atomic E-state index is 0.193. The molecule has 0 aliphatic rings. The molecule has 1 N–H and O–H groups in total. The molecule has 1 unspecified atom stereocenters. The minimum Gasteiger partial charge on any atom is -0.354 e. The van der Waals surface area contributed by atoms with E-state index in [1.165, 1.54) is 16.2 Å². The van der Waals surface area contributed by atoms with Crippen molar-refractivity contribution in [3.8, 4) is 6.07 Å². The lowest BCUT2D eigenvalue weighted by Crippen LogP contribution is -2.15. The minimum atomic E-state index is 0.193. The second-order valence-corrected chi connectivity index (χ2v) is 6.47. The highest BCUT2D eigenvalue weighted by molar-refractivity contribution is 7.16. The standard InChI is InChI=1S/C12H12ClN3S2/c1-7(2)10(8-4-3-5-17-8)15-12-16-11(13)9(6-14)18-12/h3-5,7,10H,1-2H3,(H,15,16). The van der Waals surface area contributed by atoms with Crippen LogP contribution in [-0.4, -0.2) is 4.98 Å². The summed E-state index contributed by atoms with van der Waals surface area (Å²) in [7, 11) is 0. The van der Waals surface area contributed by atoms with Crippen LogP contribution in [0.2, 0.25) is 5.15 Å². The summed E-state index contributed by atoms with van der Waals surface area (Å²) in [5.74, 6) is 0.428. The largest absolute Gasteiger partial charge is 0.354 e. The van der Waals surface area contributed by atoms with E-state index < -0.39 is 0 Å². The molecule has 94 valence electrons. The van der Waals surface area contributed by atoms with Crippen molar-refractivity contribution in [3.05, 3.63) is 32.4 Å². The first kappa shape index (κ1) is 13.3. The topological polar surface area (TPSA) is 48.7 Å². The molecule has 1 atom stereocenters. The van der Waals surface area contributed by atoms with Crippen LogP contribution in [0, 0.1) is 17.2 Å². The third-order valence-electron chi connectivity index (χ3n) is 2.48. The Morgan fingerprint density at radius 2 is 2.28 bits per heavy atom. The van der Waals surface area contributed by atoms with Gasteiger partial charge >= 0.3 is 0 Å². The molecule has 2 heterocycles. The van der Waals surface area contributed by atoms with E-state index in [0.29, 0.717) is 15.9 Å². The van der Waals surface area contributed by atoms with Crippen LogP contribution in [0.1, 0.15) is 29.6 Å². The molecule has 0 aliphatic carbocycles. The van der Waals surface area contributed by atoms with Gasteiger partial charge in [-0.05, 0) is 17.4 Å². The molecular formula is C12H12ClN3S2. The number of nitrogens with zero attached hydrogens (tertiary/aromatic N) is 2. The van der Waals surface area contributed by atoms with Gasteiger partial charge in [0.2, 0.25) is 0 Å². The van der Waals surface area contributed by atoms with Crippen LogP contribution in [0.4, 0.5) is 5.13 Å². The van der Waals surface area contributed by atoms with Gasteiger partial charge in [0.15, 0.2) is 10.3 Å². The molecule has 3 nitrogen and oxygen atoms in total. The van der Waals surface area contributed by atoms with E-state index in [1.54, 1.807) is 11.3 Å². The Bertz CT molecular complexity index is 554. The molecule has 0 aliphatic heterocycles. The predicted molar refractivity (Wildman–Crippen MR) is 77.4 cm³/mol. The molecule has 0 saturated carbocycles. The first-order valence-corrected chi connectivity index (χ1v) is 7.55. The van der Waals surface area contributed by atoms with Gasteiger partial charge in [0.1, 0.15) is 10.9 Å². The van der Waals surface area contributed by atoms with Gasteiger partial charge in [0.05, 0.1) is 6.04 Å². The summed E-state index contributed by atoms with van der Waals surface area (Å²) in [6.07, 6.45) is 0. The maximum Gasteiger partial charge on any atom is 0.185 e. The van der Waals surface area contributed by atoms with E-state index in [1.807, 2.05) is 12.1 Å². The number of anilines is 1. The Morgan fingerprint density at radius 3 is 2.78 bits per heavy atom. The second kappa shape index (κ2) is 5.70. The highest BCUT2D eigenvalue weighted by atomic mass is 35.5. The van der Waals surface area contributed by atoms with E-state index in [9.17, 15) is 0 Å². The van der Waals surface area contributed by atoms with Gasteiger partial charge in [0, 0.05) is 4.88 Å². The van der Waals surface area contributed by atoms with Gasteiger partial charge in [-0.1, -0.05) is 42.9 Å². The van der Waals surface area contributed by atoms with Crippen LogP contribution >= 0.6 is 34.3 Å². The number of thiophene rings is 1. The van der Waals surface area contributed by atoms with Crippen LogP contribution in [0.5, 0.6) is 0 Å². The molecule has 0 bridgehead atoms. The monoisotopic (exact) mass is 297 g/mol. The fourth-order valence-electron chi connectivity index (χ4n) is 1.60. The average molecular weight is 298 g/mol. The number of rotatable bonds is 4. The number of aromatic nitrogens is 1. The highest BCUT2D eigenvalue weighted by Crippen LogP contribution is 2.33. The molecule has 2 rings (SSSR count). The van der Waals surface area contributed by atoms with Crippen molar-refractivity contribution in [2.24, 2.45) is 5.92 Å². The normalized spacial score (nSPS) is 12.4. The summed E-state index contributed by atoms with van der Waals surface area (Å²) in [4.78, 5) is 5.88. The summed E-state index contributed by atoms with van der Waals surface area (Å²) in [5, 5.41) is 15.3. The smallest absolute Gasteiger partial charge is 0.185 e. The zero-order valence-electron chi connectivity index (χ0n) is 9.98. The van der Waals surface area contributed by atoms with Crippen molar-refractivity contribution in [1.82, 2.24) is 4.98 Å². The lowest BCUT2D eigenvalue weighted by molar-refractivity contribution is 0.553. The Hall–Kier alpha value is -1.09. The fraction of sp³-hybridized carbons (Fsp3) is 0.333. The van der Waals surface area contributed by atoms with Gasteiger partial charge in [-0.25, -0.2) is 4.98 Å². The molecular weight excluding hydrogens is 286 g/mol. The van der Waals surface area contributed by atoms with Gasteiger partial charge < -0.3 is 5.32 Å². The van der Waals surface area contributed by atoms with Gasteiger partial charge in [0.25, 0.3) is 0 Å². The van der Waals surface area contributed by atoms with Crippen molar-refractivity contribution >= 4 is 39.4 Å². The Kier molecular flexibility index (Phi) is 4.23. The molecule has 0 amide bonds. The molecule has 18 heavy (non-hydrogen) atoms. The number of halogens is 1. The molecule has 6 heteroatoms. The number of nitriles is 1. The van der Waals surface area contributed by atoms with Gasteiger partial charge in [-0.15, -0.1) is 11.3 Å². The maximum atomic E-state index is 8.87. The SMILES string of the molecule is CC(C)C(Nc1nc(Cl)c(C#N)s1)c1cccs1. The predicted octanol–water partition coefficient (Wildman–Crippen LogP) is 4.54. The summed E-state index contributed by atoms with van der Waals surface area (Å²) in [5.41, 5.74) is 0. The zero-order chi connectivity index (χ0) is 13.1. The third-order valence-corrected chi connectivity index (χ3v) is 4.71. The van der Waals surface area contributed by atoms with Crippen LogP contribution < -0.4 is 5.32 Å². The second-order valence-electron chi connectivity index (χ2n) is 4.13. The van der Waals surface area contributed by atoms with Crippen LogP contribution in [0.15, 0.2) is 17.5 Å². The summed E-state index contributed by atoms with van der Waals surface area (Å²) in [6.45, 7) is 4.30. The third kappa shape index (κ3) is 2.83. The fourth-order valence-corrected chi connectivity index (χ4v) is 3.53. The molecule has 0 saturated heterocycles. The van der Waals surface area contributed by atoms with Gasteiger partial charge in [-0.3, -0.25) is 0 Å². The number of thiazole rings is 1. The highest BCUT2D eigenvalue weighted by Gasteiger charge is 2.19. The van der Waals surface area contributed by atoms with Crippen LogP contribution in [0.3, 0.4) is 0 Å².